The van der Waals surface area contributed by atoms with Gasteiger partial charge < -0.3 is 19.9 Å². The summed E-state index contributed by atoms with van der Waals surface area (Å²) in [5.74, 6) is 1.16. The highest BCUT2D eigenvalue weighted by molar-refractivity contribution is 7.22. The normalized spacial score (nSPS) is 10.8. The fourth-order valence-electron chi connectivity index (χ4n) is 3.17. The van der Waals surface area contributed by atoms with E-state index in [9.17, 15) is 9.59 Å². The molecule has 164 valence electrons. The molecule has 0 radical (unpaired) electrons. The number of anilines is 2. The summed E-state index contributed by atoms with van der Waals surface area (Å²) in [6.07, 6.45) is 0.219. The maximum Gasteiger partial charge on any atom is 0.230 e. The molecule has 0 aliphatic heterocycles. The zero-order chi connectivity index (χ0) is 22.7. The second-order valence-electron chi connectivity index (χ2n) is 7.34. The predicted octanol–water partition coefficient (Wildman–Crippen LogP) is 4.62. The predicted molar refractivity (Wildman–Crippen MR) is 123 cm³/mol. The van der Waals surface area contributed by atoms with Gasteiger partial charge in [0, 0.05) is 12.6 Å². The zero-order valence-corrected chi connectivity index (χ0v) is 18.7. The Morgan fingerprint density at radius 3 is 2.56 bits per heavy atom. The lowest BCUT2D eigenvalue weighted by molar-refractivity contribution is -0.116. The average Bonchev–Trinajstić information content (AvgIpc) is 3.28. The van der Waals surface area contributed by atoms with E-state index in [0.29, 0.717) is 23.2 Å². The molecule has 2 aromatic carbocycles. The summed E-state index contributed by atoms with van der Waals surface area (Å²) in [6.45, 7) is 5.57. The molecule has 0 bridgehead atoms. The first-order valence-electron chi connectivity index (χ1n) is 9.99. The summed E-state index contributed by atoms with van der Waals surface area (Å²) in [4.78, 5) is 28.1. The van der Waals surface area contributed by atoms with Crippen LogP contribution >= 0.6 is 11.3 Å². The number of hydrogen-bond acceptors (Lipinski definition) is 7. The van der Waals surface area contributed by atoms with Crippen LogP contribution < -0.4 is 15.4 Å². The van der Waals surface area contributed by atoms with Gasteiger partial charge in [0.05, 0.1) is 27.9 Å². The van der Waals surface area contributed by atoms with Crippen LogP contribution in [-0.4, -0.2) is 22.0 Å². The van der Waals surface area contributed by atoms with Crippen molar-refractivity contribution in [1.29, 1.82) is 0 Å². The lowest BCUT2D eigenvalue weighted by Gasteiger charge is -2.07. The average molecular weight is 451 g/mol. The number of aromatic nitrogens is 2. The third-order valence-electron chi connectivity index (χ3n) is 4.81. The minimum atomic E-state index is -0.157. The van der Waals surface area contributed by atoms with E-state index in [0.717, 1.165) is 32.8 Å². The molecular weight excluding hydrogens is 428 g/mol. The molecule has 9 heteroatoms. The van der Waals surface area contributed by atoms with Crippen molar-refractivity contribution in [3.05, 3.63) is 65.0 Å². The van der Waals surface area contributed by atoms with Crippen molar-refractivity contribution in [3.8, 4) is 5.75 Å². The van der Waals surface area contributed by atoms with E-state index in [4.69, 9.17) is 9.26 Å². The largest absolute Gasteiger partial charge is 0.489 e. The molecule has 0 atom stereocenters. The highest BCUT2D eigenvalue weighted by atomic mass is 32.1. The lowest BCUT2D eigenvalue weighted by Crippen LogP contribution is -2.14. The van der Waals surface area contributed by atoms with Crippen molar-refractivity contribution in [2.75, 3.05) is 10.6 Å². The number of rotatable bonds is 7. The van der Waals surface area contributed by atoms with Gasteiger partial charge >= 0.3 is 0 Å². The number of carbonyl (C=O) groups excluding carboxylic acids is 2. The van der Waals surface area contributed by atoms with Gasteiger partial charge in [-0.25, -0.2) is 4.98 Å². The van der Waals surface area contributed by atoms with Crippen LogP contribution in [-0.2, 0) is 22.6 Å². The number of hydrogen-bond donors (Lipinski definition) is 2. The lowest BCUT2D eigenvalue weighted by atomic mass is 10.1. The fourth-order valence-corrected chi connectivity index (χ4v) is 4.10. The third-order valence-corrected chi connectivity index (χ3v) is 5.74. The van der Waals surface area contributed by atoms with Crippen LogP contribution in [0.2, 0.25) is 0 Å². The molecule has 0 aliphatic rings. The Balaban J connectivity index is 1.34. The van der Waals surface area contributed by atoms with Crippen molar-refractivity contribution in [1.82, 2.24) is 10.1 Å². The topological polar surface area (TPSA) is 106 Å². The van der Waals surface area contributed by atoms with Crippen LogP contribution in [0.4, 0.5) is 10.8 Å². The van der Waals surface area contributed by atoms with Crippen LogP contribution in [0.1, 0.15) is 29.5 Å². The Bertz CT molecular complexity index is 1260. The molecule has 2 N–H and O–H groups in total. The summed E-state index contributed by atoms with van der Waals surface area (Å²) in [6, 6.07) is 12.8. The summed E-state index contributed by atoms with van der Waals surface area (Å²) >= 11 is 1.36. The molecule has 0 unspecified atom stereocenters. The molecule has 2 aromatic heterocycles. The molecule has 0 saturated carbocycles. The van der Waals surface area contributed by atoms with Crippen molar-refractivity contribution < 1.29 is 18.8 Å². The number of benzene rings is 2. The monoisotopic (exact) mass is 450 g/mol. The van der Waals surface area contributed by atoms with Crippen LogP contribution in [0.5, 0.6) is 5.75 Å². The summed E-state index contributed by atoms with van der Waals surface area (Å²) < 4.78 is 11.8. The Labute approximate surface area is 188 Å². The van der Waals surface area contributed by atoms with Gasteiger partial charge in [0.15, 0.2) is 5.13 Å². The zero-order valence-electron chi connectivity index (χ0n) is 17.9. The minimum absolute atomic E-state index is 0.137. The Morgan fingerprint density at radius 2 is 1.88 bits per heavy atom. The summed E-state index contributed by atoms with van der Waals surface area (Å²) in [5, 5.41) is 10.0. The highest BCUT2D eigenvalue weighted by Crippen LogP contribution is 2.28. The van der Waals surface area contributed by atoms with Gasteiger partial charge in [0.2, 0.25) is 11.8 Å². The smallest absolute Gasteiger partial charge is 0.230 e. The van der Waals surface area contributed by atoms with Crippen molar-refractivity contribution >= 4 is 44.2 Å². The van der Waals surface area contributed by atoms with Gasteiger partial charge in [0.25, 0.3) is 0 Å². The molecule has 2 amide bonds. The molecule has 0 spiro atoms. The Kier molecular flexibility index (Phi) is 6.18. The maximum atomic E-state index is 12.5. The molecule has 2 heterocycles. The van der Waals surface area contributed by atoms with E-state index >= 15 is 0 Å². The van der Waals surface area contributed by atoms with E-state index in [-0.39, 0.29) is 18.2 Å². The number of ether oxygens (including phenoxy) is 1. The second kappa shape index (κ2) is 9.19. The summed E-state index contributed by atoms with van der Waals surface area (Å²) in [5.41, 5.74) is 4.08. The van der Waals surface area contributed by atoms with Crippen molar-refractivity contribution in [2.24, 2.45) is 0 Å². The number of thiazole rings is 1. The first-order valence-corrected chi connectivity index (χ1v) is 10.8. The summed E-state index contributed by atoms with van der Waals surface area (Å²) in [7, 11) is 0. The van der Waals surface area contributed by atoms with E-state index in [1.807, 2.05) is 50.2 Å². The first-order chi connectivity index (χ1) is 15.4. The van der Waals surface area contributed by atoms with Gasteiger partial charge in [-0.2, -0.15) is 0 Å². The Hall–Kier alpha value is -3.72. The van der Waals surface area contributed by atoms with E-state index in [1.165, 1.54) is 18.3 Å². The van der Waals surface area contributed by atoms with Crippen LogP contribution in [0.25, 0.3) is 10.2 Å². The standard InChI is InChI=1S/C23H22N4O4S/c1-13-19(14(2)31-27-13)12-30-18-7-4-16(5-8-18)10-22(29)26-23-25-20-9-6-17(24-15(3)28)11-21(20)32-23/h4-9,11H,10,12H2,1-3H3,(H,24,28)(H,25,26,29). The second-order valence-corrected chi connectivity index (χ2v) is 8.37. The van der Waals surface area contributed by atoms with Gasteiger partial charge in [-0.15, -0.1) is 0 Å². The van der Waals surface area contributed by atoms with Gasteiger partial charge in [-0.05, 0) is 49.7 Å². The molecular formula is C23H22N4O4S. The molecule has 4 rings (SSSR count). The molecule has 4 aromatic rings. The van der Waals surface area contributed by atoms with Crippen LogP contribution in [0.3, 0.4) is 0 Å². The number of nitrogens with one attached hydrogen (secondary N) is 2. The first kappa shape index (κ1) is 21.5. The van der Waals surface area contributed by atoms with E-state index in [2.05, 4.69) is 20.8 Å². The number of nitrogens with zero attached hydrogens (tertiary/aromatic N) is 2. The van der Waals surface area contributed by atoms with Gasteiger partial charge in [0.1, 0.15) is 18.1 Å². The van der Waals surface area contributed by atoms with Crippen molar-refractivity contribution in [2.45, 2.75) is 33.8 Å². The molecule has 32 heavy (non-hydrogen) atoms. The molecule has 8 nitrogen and oxygen atoms in total. The number of amides is 2. The molecule has 0 aliphatic carbocycles. The fraction of sp³-hybridized carbons (Fsp3) is 0.217. The van der Waals surface area contributed by atoms with Gasteiger partial charge in [-0.1, -0.05) is 28.6 Å². The maximum absolute atomic E-state index is 12.5. The number of carbonyl (C=O) groups is 2. The molecule has 0 fully saturated rings. The van der Waals surface area contributed by atoms with E-state index in [1.54, 1.807) is 6.07 Å². The van der Waals surface area contributed by atoms with Crippen molar-refractivity contribution in [3.63, 3.8) is 0 Å². The van der Waals surface area contributed by atoms with Crippen LogP contribution in [0, 0.1) is 13.8 Å². The van der Waals surface area contributed by atoms with Gasteiger partial charge in [-0.3, -0.25) is 9.59 Å². The van der Waals surface area contributed by atoms with E-state index < -0.39 is 0 Å². The molecule has 0 saturated heterocycles. The highest BCUT2D eigenvalue weighted by Gasteiger charge is 2.11. The third kappa shape index (κ3) is 5.12. The SMILES string of the molecule is CC(=O)Nc1ccc2nc(NC(=O)Cc3ccc(OCc4c(C)noc4C)cc3)sc2c1. The number of fused-ring (bicyclic) bond motifs is 1. The number of aryl methyl sites for hydroxylation is 2. The van der Waals surface area contributed by atoms with Crippen LogP contribution in [0.15, 0.2) is 47.0 Å². The Morgan fingerprint density at radius 1 is 1.09 bits per heavy atom. The quantitative estimate of drug-likeness (QED) is 0.426. The minimum Gasteiger partial charge on any atom is -0.489 e.